The second kappa shape index (κ2) is 8.12. The van der Waals surface area contributed by atoms with Crippen molar-refractivity contribution in [3.8, 4) is 0 Å². The third-order valence-corrected chi connectivity index (χ3v) is 3.52. The van der Waals surface area contributed by atoms with E-state index in [0.717, 1.165) is 20.8 Å². The topological polar surface area (TPSA) is 143 Å². The third-order valence-electron chi connectivity index (χ3n) is 3.52. The van der Waals surface area contributed by atoms with Crippen LogP contribution >= 0.6 is 0 Å². The van der Waals surface area contributed by atoms with E-state index in [1.807, 2.05) is 0 Å². The van der Waals surface area contributed by atoms with Gasteiger partial charge in [0.05, 0.1) is 12.8 Å². The highest BCUT2D eigenvalue weighted by Gasteiger charge is 2.48. The van der Waals surface area contributed by atoms with Crippen LogP contribution in [0.15, 0.2) is 15.8 Å². The number of rotatable bonds is 4. The number of aromatic amines is 1. The quantitative estimate of drug-likeness (QED) is 0.507. The lowest BCUT2D eigenvalue weighted by molar-refractivity contribution is -0.240. The van der Waals surface area contributed by atoms with Gasteiger partial charge >= 0.3 is 23.6 Å². The van der Waals surface area contributed by atoms with Crippen molar-refractivity contribution in [1.82, 2.24) is 9.55 Å². The van der Waals surface area contributed by atoms with Gasteiger partial charge < -0.3 is 18.9 Å². The largest absolute Gasteiger partial charge is 0.456 e. The first-order valence-electron chi connectivity index (χ1n) is 7.74. The predicted octanol–water partition coefficient (Wildman–Crippen LogP) is -1.00. The average Bonchev–Trinajstić information content (AvgIpc) is 2.53. The number of nitrogens with zero attached hydrogens (tertiary/aromatic N) is 1. The van der Waals surface area contributed by atoms with E-state index in [-0.39, 0.29) is 6.61 Å². The molecule has 1 aliphatic heterocycles. The van der Waals surface area contributed by atoms with Gasteiger partial charge in [-0.2, -0.15) is 4.39 Å². The zero-order chi connectivity index (χ0) is 20.3. The zero-order valence-electron chi connectivity index (χ0n) is 14.6. The first kappa shape index (κ1) is 20.3. The van der Waals surface area contributed by atoms with E-state index >= 15 is 0 Å². The first-order valence-corrected chi connectivity index (χ1v) is 7.74. The van der Waals surface area contributed by atoms with E-state index in [4.69, 9.17) is 18.9 Å². The first-order chi connectivity index (χ1) is 12.6. The van der Waals surface area contributed by atoms with E-state index in [1.54, 1.807) is 4.98 Å². The van der Waals surface area contributed by atoms with Crippen molar-refractivity contribution in [3.05, 3.63) is 32.9 Å². The summed E-state index contributed by atoms with van der Waals surface area (Å²) >= 11 is 0. The van der Waals surface area contributed by atoms with Crippen molar-refractivity contribution < 1.29 is 37.7 Å². The highest BCUT2D eigenvalue weighted by molar-refractivity contribution is 5.68. The second-order valence-electron chi connectivity index (χ2n) is 5.66. The molecule has 2 rings (SSSR count). The Morgan fingerprint density at radius 2 is 1.63 bits per heavy atom. The van der Waals surface area contributed by atoms with Crippen LogP contribution < -0.4 is 11.2 Å². The van der Waals surface area contributed by atoms with Crippen LogP contribution in [-0.2, 0) is 33.3 Å². The summed E-state index contributed by atoms with van der Waals surface area (Å²) in [6.07, 6.45) is -4.83. The fourth-order valence-corrected chi connectivity index (χ4v) is 2.61. The standard InChI is InChI=1S/C15H17FN2O9/c1-6(19)25-10-5-24-14(18-4-9(16)13(22)17-15(18)23)12(27-8(3)21)11(10)26-7(2)20/h4,10-12,14H,5H2,1-3H3,(H,17,22,23)/t10-,11-,12-,14-/m0/s1. The summed E-state index contributed by atoms with van der Waals surface area (Å²) in [6, 6.07) is 0. The Kier molecular flexibility index (Phi) is 6.10. The molecule has 11 nitrogen and oxygen atoms in total. The molecule has 1 saturated heterocycles. The molecule has 0 aliphatic carbocycles. The van der Waals surface area contributed by atoms with E-state index in [9.17, 15) is 28.4 Å². The van der Waals surface area contributed by atoms with Crippen molar-refractivity contribution in [2.45, 2.75) is 45.3 Å². The van der Waals surface area contributed by atoms with Crippen LogP contribution in [-0.4, -0.2) is 52.4 Å². The molecule has 1 fully saturated rings. The number of esters is 3. The van der Waals surface area contributed by atoms with Gasteiger partial charge in [-0.25, -0.2) is 4.79 Å². The summed E-state index contributed by atoms with van der Waals surface area (Å²) < 4.78 is 34.9. The minimum Gasteiger partial charge on any atom is -0.456 e. The van der Waals surface area contributed by atoms with Gasteiger partial charge in [0.1, 0.15) is 0 Å². The van der Waals surface area contributed by atoms with Gasteiger partial charge in [0.2, 0.25) is 5.82 Å². The molecule has 0 radical (unpaired) electrons. The van der Waals surface area contributed by atoms with Gasteiger partial charge in [-0.1, -0.05) is 0 Å². The predicted molar refractivity (Wildman–Crippen MR) is 82.9 cm³/mol. The fourth-order valence-electron chi connectivity index (χ4n) is 2.61. The highest BCUT2D eigenvalue weighted by atomic mass is 19.1. The lowest BCUT2D eigenvalue weighted by Crippen LogP contribution is -2.57. The van der Waals surface area contributed by atoms with Crippen molar-refractivity contribution in [2.75, 3.05) is 6.61 Å². The lowest BCUT2D eigenvalue weighted by atomic mass is 10.0. The number of hydrogen-bond acceptors (Lipinski definition) is 9. The molecule has 1 aliphatic rings. The van der Waals surface area contributed by atoms with Crippen LogP contribution in [0, 0.1) is 5.82 Å². The van der Waals surface area contributed by atoms with Crippen LogP contribution in [0.5, 0.6) is 0 Å². The average molecular weight is 388 g/mol. The number of ether oxygens (including phenoxy) is 4. The maximum absolute atomic E-state index is 13.6. The molecule has 0 amide bonds. The van der Waals surface area contributed by atoms with E-state index in [1.165, 1.54) is 0 Å². The molecule has 0 spiro atoms. The number of aromatic nitrogens is 2. The van der Waals surface area contributed by atoms with Crippen molar-refractivity contribution in [3.63, 3.8) is 0 Å². The smallest absolute Gasteiger partial charge is 0.330 e. The molecule has 4 atom stereocenters. The molecule has 27 heavy (non-hydrogen) atoms. The van der Waals surface area contributed by atoms with Gasteiger partial charge in [-0.15, -0.1) is 0 Å². The van der Waals surface area contributed by atoms with Gasteiger partial charge in [-0.3, -0.25) is 28.7 Å². The molecule has 148 valence electrons. The summed E-state index contributed by atoms with van der Waals surface area (Å²) in [5.41, 5.74) is -2.29. The summed E-state index contributed by atoms with van der Waals surface area (Å²) in [5.74, 6) is -3.61. The lowest BCUT2D eigenvalue weighted by Gasteiger charge is -2.40. The molecule has 0 bridgehead atoms. The molecule has 0 saturated carbocycles. The van der Waals surface area contributed by atoms with Crippen LogP contribution in [0.1, 0.15) is 27.0 Å². The van der Waals surface area contributed by atoms with E-state index < -0.39 is 59.5 Å². The number of carbonyl (C=O) groups is 3. The van der Waals surface area contributed by atoms with Crippen LogP contribution in [0.25, 0.3) is 0 Å². The molecule has 1 aromatic heterocycles. The minimum absolute atomic E-state index is 0.354. The monoisotopic (exact) mass is 388 g/mol. The fraction of sp³-hybridized carbons (Fsp3) is 0.533. The Morgan fingerprint density at radius 3 is 2.19 bits per heavy atom. The summed E-state index contributed by atoms with van der Waals surface area (Å²) in [7, 11) is 0. The van der Waals surface area contributed by atoms with Gasteiger partial charge in [0, 0.05) is 20.8 Å². The van der Waals surface area contributed by atoms with E-state index in [0.29, 0.717) is 10.8 Å². The molecule has 1 aromatic rings. The maximum atomic E-state index is 13.6. The van der Waals surface area contributed by atoms with Gasteiger partial charge in [0.15, 0.2) is 24.5 Å². The molecule has 0 aromatic carbocycles. The van der Waals surface area contributed by atoms with Crippen molar-refractivity contribution in [2.24, 2.45) is 0 Å². The number of nitrogens with one attached hydrogen (secondary N) is 1. The Balaban J connectivity index is 2.51. The maximum Gasteiger partial charge on any atom is 0.330 e. The van der Waals surface area contributed by atoms with Crippen molar-refractivity contribution >= 4 is 17.9 Å². The van der Waals surface area contributed by atoms with Crippen molar-refractivity contribution in [1.29, 1.82) is 0 Å². The summed E-state index contributed by atoms with van der Waals surface area (Å²) in [5, 5.41) is 0. The molecule has 0 unspecified atom stereocenters. The highest BCUT2D eigenvalue weighted by Crippen LogP contribution is 2.29. The third kappa shape index (κ3) is 4.78. The number of H-pyrrole nitrogens is 1. The summed E-state index contributed by atoms with van der Waals surface area (Å²) in [6.45, 7) is 2.88. The van der Waals surface area contributed by atoms with E-state index in [2.05, 4.69) is 0 Å². The Labute approximate surface area is 151 Å². The number of hydrogen-bond donors (Lipinski definition) is 1. The minimum atomic E-state index is -1.47. The van der Waals surface area contributed by atoms with Crippen LogP contribution in [0.2, 0.25) is 0 Å². The molecular weight excluding hydrogens is 371 g/mol. The number of halogens is 1. The Hall–Kier alpha value is -3.02. The van der Waals surface area contributed by atoms with Gasteiger partial charge in [-0.05, 0) is 0 Å². The molecule has 12 heteroatoms. The SMILES string of the molecule is CC(=O)O[C@@H]1[C@H](OC(C)=O)[C@@H](n2cc(F)c(=O)[nH]c2=O)OC[C@@H]1OC(C)=O. The molecular formula is C15H17FN2O9. The van der Waals surface area contributed by atoms with Gasteiger partial charge in [0.25, 0.3) is 5.56 Å². The molecule has 2 heterocycles. The number of carbonyl (C=O) groups excluding carboxylic acids is 3. The Bertz CT molecular complexity index is 862. The summed E-state index contributed by atoms with van der Waals surface area (Å²) in [4.78, 5) is 59.3. The second-order valence-corrected chi connectivity index (χ2v) is 5.66. The van der Waals surface area contributed by atoms with Crippen LogP contribution in [0.4, 0.5) is 4.39 Å². The molecule has 1 N–H and O–H groups in total. The Morgan fingerprint density at radius 1 is 1.07 bits per heavy atom. The normalized spacial score (nSPS) is 24.7. The van der Waals surface area contributed by atoms with Crippen LogP contribution in [0.3, 0.4) is 0 Å². The zero-order valence-corrected chi connectivity index (χ0v) is 14.6.